The molecular formula is C18H20N2O4. The van der Waals surface area contributed by atoms with Crippen molar-refractivity contribution in [2.24, 2.45) is 0 Å². The number of rotatable bonds is 9. The molecule has 1 amide bonds. The van der Waals surface area contributed by atoms with E-state index in [1.807, 2.05) is 18.2 Å². The standard InChI is InChI=1S/C18H20N2O4/c21-17(15-7-10-19-16(13-15)18(22)23)20-9-4-11-24-12-8-14-5-2-1-3-6-14/h1-3,5-7,10,13H,4,8-9,11-12H2,(H,20,21)(H,22,23). The largest absolute Gasteiger partial charge is 0.477 e. The van der Waals surface area contributed by atoms with E-state index in [1.54, 1.807) is 0 Å². The van der Waals surface area contributed by atoms with Gasteiger partial charge in [0.1, 0.15) is 5.69 Å². The number of aromatic carboxylic acids is 1. The first-order valence-electron chi connectivity index (χ1n) is 7.76. The molecule has 0 aliphatic rings. The Morgan fingerprint density at radius 1 is 1.12 bits per heavy atom. The molecule has 1 heterocycles. The highest BCUT2D eigenvalue weighted by Crippen LogP contribution is 2.02. The van der Waals surface area contributed by atoms with E-state index in [0.29, 0.717) is 26.2 Å². The van der Waals surface area contributed by atoms with Gasteiger partial charge < -0.3 is 15.2 Å². The number of hydrogen-bond acceptors (Lipinski definition) is 4. The van der Waals surface area contributed by atoms with Gasteiger partial charge in [-0.25, -0.2) is 9.78 Å². The molecule has 1 aromatic carbocycles. The van der Waals surface area contributed by atoms with Crippen molar-refractivity contribution in [2.75, 3.05) is 19.8 Å². The van der Waals surface area contributed by atoms with Crippen molar-refractivity contribution in [3.63, 3.8) is 0 Å². The van der Waals surface area contributed by atoms with Crippen LogP contribution in [0.4, 0.5) is 0 Å². The molecule has 0 fully saturated rings. The van der Waals surface area contributed by atoms with Crippen LogP contribution in [0.3, 0.4) is 0 Å². The Morgan fingerprint density at radius 2 is 1.92 bits per heavy atom. The summed E-state index contributed by atoms with van der Waals surface area (Å²) in [7, 11) is 0. The highest BCUT2D eigenvalue weighted by atomic mass is 16.5. The van der Waals surface area contributed by atoms with Gasteiger partial charge in [-0.15, -0.1) is 0 Å². The van der Waals surface area contributed by atoms with Gasteiger partial charge in [0.15, 0.2) is 0 Å². The zero-order valence-corrected chi connectivity index (χ0v) is 13.3. The molecule has 0 aliphatic carbocycles. The topological polar surface area (TPSA) is 88.5 Å². The summed E-state index contributed by atoms with van der Waals surface area (Å²) in [6.45, 7) is 1.67. The Kier molecular flexibility index (Phi) is 6.91. The fourth-order valence-electron chi connectivity index (χ4n) is 2.10. The van der Waals surface area contributed by atoms with E-state index < -0.39 is 5.97 Å². The second kappa shape index (κ2) is 9.42. The van der Waals surface area contributed by atoms with Crippen LogP contribution in [0.15, 0.2) is 48.7 Å². The van der Waals surface area contributed by atoms with Crippen LogP contribution < -0.4 is 5.32 Å². The number of carboxylic acids is 1. The summed E-state index contributed by atoms with van der Waals surface area (Å²) in [6, 6.07) is 12.8. The number of carbonyl (C=O) groups is 2. The molecule has 2 aromatic rings. The quantitative estimate of drug-likeness (QED) is 0.689. The monoisotopic (exact) mass is 328 g/mol. The highest BCUT2D eigenvalue weighted by Gasteiger charge is 2.09. The maximum Gasteiger partial charge on any atom is 0.354 e. The van der Waals surface area contributed by atoms with E-state index >= 15 is 0 Å². The summed E-state index contributed by atoms with van der Waals surface area (Å²) in [6.07, 6.45) is 2.87. The summed E-state index contributed by atoms with van der Waals surface area (Å²) in [4.78, 5) is 26.4. The van der Waals surface area contributed by atoms with Crippen molar-refractivity contribution in [3.8, 4) is 0 Å². The van der Waals surface area contributed by atoms with Crippen molar-refractivity contribution in [1.82, 2.24) is 10.3 Å². The molecule has 0 spiro atoms. The molecule has 6 heteroatoms. The molecule has 6 nitrogen and oxygen atoms in total. The Hall–Kier alpha value is -2.73. The summed E-state index contributed by atoms with van der Waals surface area (Å²) in [5.74, 6) is -1.47. The van der Waals surface area contributed by atoms with Gasteiger partial charge in [0, 0.05) is 24.9 Å². The average molecular weight is 328 g/mol. The average Bonchev–Trinajstić information content (AvgIpc) is 2.61. The molecule has 0 unspecified atom stereocenters. The smallest absolute Gasteiger partial charge is 0.354 e. The summed E-state index contributed by atoms with van der Waals surface area (Å²) < 4.78 is 5.54. The van der Waals surface area contributed by atoms with Gasteiger partial charge in [0.25, 0.3) is 5.91 Å². The van der Waals surface area contributed by atoms with E-state index in [4.69, 9.17) is 9.84 Å². The predicted molar refractivity (Wildman–Crippen MR) is 89.1 cm³/mol. The number of hydrogen-bond donors (Lipinski definition) is 2. The molecule has 126 valence electrons. The Morgan fingerprint density at radius 3 is 2.67 bits per heavy atom. The summed E-state index contributed by atoms with van der Waals surface area (Å²) >= 11 is 0. The molecule has 0 aliphatic heterocycles. The van der Waals surface area contributed by atoms with Crippen LogP contribution in [0.25, 0.3) is 0 Å². The van der Waals surface area contributed by atoms with Gasteiger partial charge >= 0.3 is 5.97 Å². The number of aromatic nitrogens is 1. The first kappa shape index (κ1) is 17.6. The number of benzene rings is 1. The number of amides is 1. The lowest BCUT2D eigenvalue weighted by Crippen LogP contribution is -2.25. The van der Waals surface area contributed by atoms with Crippen LogP contribution in [-0.2, 0) is 11.2 Å². The maximum atomic E-state index is 11.9. The minimum atomic E-state index is -1.16. The summed E-state index contributed by atoms with van der Waals surface area (Å²) in [5, 5.41) is 11.6. The number of nitrogens with one attached hydrogen (secondary N) is 1. The molecule has 2 N–H and O–H groups in total. The highest BCUT2D eigenvalue weighted by molar-refractivity contribution is 5.96. The van der Waals surface area contributed by atoms with Gasteiger partial charge in [-0.2, -0.15) is 0 Å². The van der Waals surface area contributed by atoms with E-state index in [-0.39, 0.29) is 17.2 Å². The van der Waals surface area contributed by atoms with Gasteiger partial charge in [-0.05, 0) is 30.5 Å². The normalized spacial score (nSPS) is 10.3. The third-order valence-corrected chi connectivity index (χ3v) is 3.37. The summed E-state index contributed by atoms with van der Waals surface area (Å²) in [5.41, 5.74) is 1.37. The fourth-order valence-corrected chi connectivity index (χ4v) is 2.10. The second-order valence-corrected chi connectivity index (χ2v) is 5.19. The Bertz CT molecular complexity index is 674. The van der Waals surface area contributed by atoms with E-state index in [1.165, 1.54) is 23.9 Å². The van der Waals surface area contributed by atoms with Crippen LogP contribution >= 0.6 is 0 Å². The Labute approximate surface area is 140 Å². The molecule has 0 atom stereocenters. The van der Waals surface area contributed by atoms with Crippen molar-refractivity contribution in [1.29, 1.82) is 0 Å². The van der Waals surface area contributed by atoms with E-state index in [9.17, 15) is 9.59 Å². The first-order chi connectivity index (χ1) is 11.7. The zero-order valence-electron chi connectivity index (χ0n) is 13.3. The lowest BCUT2D eigenvalue weighted by Gasteiger charge is -2.07. The third kappa shape index (κ3) is 5.81. The Balaban J connectivity index is 1.61. The van der Waals surface area contributed by atoms with Gasteiger partial charge in [0.05, 0.1) is 6.61 Å². The van der Waals surface area contributed by atoms with Crippen molar-refractivity contribution >= 4 is 11.9 Å². The number of pyridine rings is 1. The second-order valence-electron chi connectivity index (χ2n) is 5.19. The van der Waals surface area contributed by atoms with Gasteiger partial charge in [-0.3, -0.25) is 4.79 Å². The lowest BCUT2D eigenvalue weighted by molar-refractivity contribution is 0.0690. The van der Waals surface area contributed by atoms with E-state index in [2.05, 4.69) is 22.4 Å². The van der Waals surface area contributed by atoms with Crippen LogP contribution in [0.2, 0.25) is 0 Å². The lowest BCUT2D eigenvalue weighted by atomic mass is 10.2. The van der Waals surface area contributed by atoms with Crippen LogP contribution in [-0.4, -0.2) is 41.7 Å². The molecule has 2 rings (SSSR count). The predicted octanol–water partition coefficient (Wildman–Crippen LogP) is 2.16. The minimum absolute atomic E-state index is 0.146. The number of nitrogens with zero attached hydrogens (tertiary/aromatic N) is 1. The third-order valence-electron chi connectivity index (χ3n) is 3.37. The minimum Gasteiger partial charge on any atom is -0.477 e. The van der Waals surface area contributed by atoms with Crippen LogP contribution in [0.5, 0.6) is 0 Å². The molecule has 24 heavy (non-hydrogen) atoms. The van der Waals surface area contributed by atoms with Gasteiger partial charge in [0.2, 0.25) is 0 Å². The molecule has 0 saturated carbocycles. The number of carbonyl (C=O) groups excluding carboxylic acids is 1. The van der Waals surface area contributed by atoms with Gasteiger partial charge in [-0.1, -0.05) is 30.3 Å². The number of ether oxygens (including phenoxy) is 1. The molecular weight excluding hydrogens is 308 g/mol. The van der Waals surface area contributed by atoms with Crippen molar-refractivity contribution < 1.29 is 19.4 Å². The van der Waals surface area contributed by atoms with Crippen LogP contribution in [0.1, 0.15) is 32.8 Å². The zero-order chi connectivity index (χ0) is 17.2. The molecule has 0 radical (unpaired) electrons. The molecule has 0 bridgehead atoms. The SMILES string of the molecule is O=C(NCCCOCCc1ccccc1)c1ccnc(C(=O)O)c1. The number of carboxylic acid groups (broad SMARTS) is 1. The van der Waals surface area contributed by atoms with Crippen molar-refractivity contribution in [3.05, 3.63) is 65.5 Å². The first-order valence-corrected chi connectivity index (χ1v) is 7.76. The van der Waals surface area contributed by atoms with Crippen molar-refractivity contribution in [2.45, 2.75) is 12.8 Å². The van der Waals surface area contributed by atoms with E-state index in [0.717, 1.165) is 6.42 Å². The fraction of sp³-hybridized carbons (Fsp3) is 0.278. The molecule has 0 saturated heterocycles. The van der Waals surface area contributed by atoms with Crippen LogP contribution in [0, 0.1) is 0 Å². The molecule has 1 aromatic heterocycles. The maximum absolute atomic E-state index is 11.9.